The summed E-state index contributed by atoms with van der Waals surface area (Å²) in [5, 5.41) is 5.78. The van der Waals surface area contributed by atoms with Crippen molar-refractivity contribution in [2.75, 3.05) is 19.0 Å². The molecule has 0 saturated heterocycles. The van der Waals surface area contributed by atoms with E-state index < -0.39 is 0 Å². The van der Waals surface area contributed by atoms with Crippen molar-refractivity contribution in [2.45, 2.75) is 32.1 Å². The molecule has 0 aromatic heterocycles. The van der Waals surface area contributed by atoms with Gasteiger partial charge in [0.1, 0.15) is 11.6 Å². The number of rotatable bonds is 7. The van der Waals surface area contributed by atoms with Gasteiger partial charge >= 0.3 is 0 Å². The zero-order chi connectivity index (χ0) is 20.6. The molecular formula is C23H27FN2O3. The topological polar surface area (TPSA) is 67.4 Å². The highest BCUT2D eigenvalue weighted by Gasteiger charge is 2.29. The quantitative estimate of drug-likeness (QED) is 0.742. The van der Waals surface area contributed by atoms with Gasteiger partial charge in [0.25, 0.3) is 0 Å². The van der Waals surface area contributed by atoms with Crippen LogP contribution in [0.1, 0.15) is 31.2 Å². The van der Waals surface area contributed by atoms with Crippen LogP contribution < -0.4 is 15.4 Å². The van der Waals surface area contributed by atoms with E-state index in [9.17, 15) is 14.0 Å². The number of hydrogen-bond acceptors (Lipinski definition) is 3. The summed E-state index contributed by atoms with van der Waals surface area (Å²) >= 11 is 0. The molecule has 3 rings (SSSR count). The summed E-state index contributed by atoms with van der Waals surface area (Å²) in [4.78, 5) is 24.8. The van der Waals surface area contributed by atoms with Crippen molar-refractivity contribution in [1.82, 2.24) is 5.32 Å². The Hall–Kier alpha value is -2.89. The van der Waals surface area contributed by atoms with Crippen LogP contribution in [0.3, 0.4) is 0 Å². The first-order chi connectivity index (χ1) is 14.0. The SMILES string of the molecule is COc1cccc(CCNC(=O)C2CCC(C(=O)Nc3cccc(F)c3)CC2)c1. The Balaban J connectivity index is 1.40. The molecule has 2 aromatic rings. The molecule has 6 heteroatoms. The third-order valence-electron chi connectivity index (χ3n) is 5.41. The number of benzene rings is 2. The van der Waals surface area contributed by atoms with Crippen LogP contribution in [0, 0.1) is 17.7 Å². The maximum absolute atomic E-state index is 13.2. The van der Waals surface area contributed by atoms with E-state index in [1.54, 1.807) is 19.2 Å². The van der Waals surface area contributed by atoms with Gasteiger partial charge in [-0.3, -0.25) is 9.59 Å². The molecule has 0 radical (unpaired) electrons. The van der Waals surface area contributed by atoms with Crippen LogP contribution in [0.5, 0.6) is 5.75 Å². The second kappa shape index (κ2) is 10.0. The summed E-state index contributed by atoms with van der Waals surface area (Å²) in [6.45, 7) is 0.575. The maximum atomic E-state index is 13.2. The Bertz CT molecular complexity index is 848. The van der Waals surface area contributed by atoms with Crippen LogP contribution in [0.15, 0.2) is 48.5 Å². The molecule has 0 spiro atoms. The lowest BCUT2D eigenvalue weighted by atomic mass is 9.81. The number of carbonyl (C=O) groups excluding carboxylic acids is 2. The molecule has 1 aliphatic carbocycles. The summed E-state index contributed by atoms with van der Waals surface area (Å²) in [6.07, 6.45) is 3.44. The molecule has 0 unspecified atom stereocenters. The van der Waals surface area contributed by atoms with Crippen molar-refractivity contribution in [2.24, 2.45) is 11.8 Å². The molecular weight excluding hydrogens is 371 g/mol. The Morgan fingerprint density at radius 1 is 1.00 bits per heavy atom. The second-order valence-corrected chi connectivity index (χ2v) is 7.44. The fourth-order valence-electron chi connectivity index (χ4n) is 3.73. The van der Waals surface area contributed by atoms with E-state index in [2.05, 4.69) is 10.6 Å². The molecule has 0 bridgehead atoms. The van der Waals surface area contributed by atoms with Crippen molar-refractivity contribution in [3.8, 4) is 5.75 Å². The highest BCUT2D eigenvalue weighted by atomic mass is 19.1. The number of anilines is 1. The van der Waals surface area contributed by atoms with Crippen molar-refractivity contribution in [1.29, 1.82) is 0 Å². The number of hydrogen-bond donors (Lipinski definition) is 2. The number of halogens is 1. The molecule has 0 heterocycles. The zero-order valence-electron chi connectivity index (χ0n) is 16.6. The van der Waals surface area contributed by atoms with Gasteiger partial charge in [-0.2, -0.15) is 0 Å². The van der Waals surface area contributed by atoms with Gasteiger partial charge in [0, 0.05) is 24.1 Å². The van der Waals surface area contributed by atoms with Gasteiger partial charge in [-0.15, -0.1) is 0 Å². The van der Waals surface area contributed by atoms with Gasteiger partial charge in [0.05, 0.1) is 7.11 Å². The molecule has 1 saturated carbocycles. The van der Waals surface area contributed by atoms with Crippen molar-refractivity contribution < 1.29 is 18.7 Å². The predicted octanol–water partition coefficient (Wildman–Crippen LogP) is 3.94. The Labute approximate surface area is 170 Å². The molecule has 2 amide bonds. The van der Waals surface area contributed by atoms with Crippen LogP contribution in [-0.2, 0) is 16.0 Å². The number of methoxy groups -OCH3 is 1. The lowest BCUT2D eigenvalue weighted by Gasteiger charge is -2.27. The zero-order valence-corrected chi connectivity index (χ0v) is 16.6. The van der Waals surface area contributed by atoms with E-state index in [1.807, 2.05) is 24.3 Å². The first-order valence-electron chi connectivity index (χ1n) is 10.0. The fourth-order valence-corrected chi connectivity index (χ4v) is 3.73. The highest BCUT2D eigenvalue weighted by molar-refractivity contribution is 5.92. The standard InChI is InChI=1S/C23H27FN2O3/c1-29-21-7-2-4-16(14-21)12-13-25-22(27)17-8-10-18(11-9-17)23(28)26-20-6-3-5-19(24)15-20/h2-7,14-15,17-18H,8-13H2,1H3,(H,25,27)(H,26,28). The minimum atomic E-state index is -0.378. The van der Waals surface area contributed by atoms with E-state index in [1.165, 1.54) is 12.1 Å². The molecule has 2 aromatic carbocycles. The maximum Gasteiger partial charge on any atom is 0.227 e. The second-order valence-electron chi connectivity index (χ2n) is 7.44. The van der Waals surface area contributed by atoms with E-state index in [4.69, 9.17) is 4.74 Å². The average Bonchev–Trinajstić information content (AvgIpc) is 2.74. The van der Waals surface area contributed by atoms with Crippen LogP contribution >= 0.6 is 0 Å². The van der Waals surface area contributed by atoms with Gasteiger partial charge in [-0.1, -0.05) is 18.2 Å². The Kier molecular flexibility index (Phi) is 7.22. The third-order valence-corrected chi connectivity index (χ3v) is 5.41. The summed E-state index contributed by atoms with van der Waals surface area (Å²) in [6, 6.07) is 13.7. The number of nitrogens with one attached hydrogen (secondary N) is 2. The molecule has 0 aliphatic heterocycles. The van der Waals surface area contributed by atoms with Gasteiger partial charge in [-0.05, 0) is 68.0 Å². The van der Waals surface area contributed by atoms with Gasteiger partial charge < -0.3 is 15.4 Å². The Morgan fingerprint density at radius 3 is 2.38 bits per heavy atom. The average molecular weight is 398 g/mol. The van der Waals surface area contributed by atoms with Crippen LogP contribution in [0.4, 0.5) is 10.1 Å². The minimum absolute atomic E-state index is 0.0527. The highest BCUT2D eigenvalue weighted by Crippen LogP contribution is 2.30. The summed E-state index contributed by atoms with van der Waals surface area (Å²) in [5.41, 5.74) is 1.58. The predicted molar refractivity (Wildman–Crippen MR) is 110 cm³/mol. The van der Waals surface area contributed by atoms with Crippen LogP contribution in [-0.4, -0.2) is 25.5 Å². The fraction of sp³-hybridized carbons (Fsp3) is 0.391. The Morgan fingerprint density at radius 2 is 1.69 bits per heavy atom. The molecule has 2 N–H and O–H groups in total. The molecule has 0 atom stereocenters. The van der Waals surface area contributed by atoms with E-state index in [0.29, 0.717) is 37.9 Å². The third kappa shape index (κ3) is 6.04. The monoisotopic (exact) mass is 398 g/mol. The normalized spacial score (nSPS) is 18.7. The first kappa shape index (κ1) is 20.8. The van der Waals surface area contributed by atoms with Crippen molar-refractivity contribution in [3.05, 3.63) is 59.9 Å². The largest absolute Gasteiger partial charge is 0.497 e. The van der Waals surface area contributed by atoms with E-state index >= 15 is 0 Å². The van der Waals surface area contributed by atoms with Gasteiger partial charge in [0.2, 0.25) is 11.8 Å². The van der Waals surface area contributed by atoms with Crippen LogP contribution in [0.25, 0.3) is 0 Å². The molecule has 29 heavy (non-hydrogen) atoms. The summed E-state index contributed by atoms with van der Waals surface area (Å²) < 4.78 is 18.5. The number of ether oxygens (including phenoxy) is 1. The lowest BCUT2D eigenvalue weighted by Crippen LogP contribution is -2.36. The summed E-state index contributed by atoms with van der Waals surface area (Å²) in [7, 11) is 1.63. The smallest absolute Gasteiger partial charge is 0.227 e. The molecule has 5 nitrogen and oxygen atoms in total. The minimum Gasteiger partial charge on any atom is -0.497 e. The number of amides is 2. The van der Waals surface area contributed by atoms with Gasteiger partial charge in [-0.25, -0.2) is 4.39 Å². The summed E-state index contributed by atoms with van der Waals surface area (Å²) in [5.74, 6) is 0.183. The number of carbonyl (C=O) groups is 2. The van der Waals surface area contributed by atoms with Crippen LogP contribution in [0.2, 0.25) is 0 Å². The van der Waals surface area contributed by atoms with Crippen molar-refractivity contribution in [3.63, 3.8) is 0 Å². The first-order valence-corrected chi connectivity index (χ1v) is 10.0. The van der Waals surface area contributed by atoms with E-state index in [0.717, 1.165) is 17.7 Å². The van der Waals surface area contributed by atoms with E-state index in [-0.39, 0.29) is 29.5 Å². The molecule has 154 valence electrons. The molecule has 1 aliphatic rings. The molecule has 1 fully saturated rings. The lowest BCUT2D eigenvalue weighted by molar-refractivity contribution is -0.128. The van der Waals surface area contributed by atoms with Gasteiger partial charge in [0.15, 0.2) is 0 Å². The van der Waals surface area contributed by atoms with Crippen molar-refractivity contribution >= 4 is 17.5 Å².